The number of sulfone groups is 1. The second-order valence-corrected chi connectivity index (χ2v) is 7.82. The highest BCUT2D eigenvalue weighted by Crippen LogP contribution is 2.03. The summed E-state index contributed by atoms with van der Waals surface area (Å²) in [6.45, 7) is 4.80. The Morgan fingerprint density at radius 2 is 1.68 bits per heavy atom. The van der Waals surface area contributed by atoms with E-state index >= 15 is 0 Å². The summed E-state index contributed by atoms with van der Waals surface area (Å²) in [6, 6.07) is 6.16. The van der Waals surface area contributed by atoms with Crippen LogP contribution in [-0.4, -0.2) is 69.5 Å². The fourth-order valence-corrected chi connectivity index (χ4v) is 2.84. The van der Waals surface area contributed by atoms with E-state index in [1.54, 1.807) is 12.1 Å². The molecule has 0 radical (unpaired) electrons. The number of nitrogens with zero attached hydrogens (tertiary/aromatic N) is 2. The summed E-state index contributed by atoms with van der Waals surface area (Å²) in [4.78, 5) is 4.42. The molecular formula is C16H21FN2O2S. The van der Waals surface area contributed by atoms with Crippen LogP contribution >= 0.6 is 0 Å². The van der Waals surface area contributed by atoms with Crippen LogP contribution in [0.25, 0.3) is 0 Å². The van der Waals surface area contributed by atoms with Gasteiger partial charge in [0.2, 0.25) is 0 Å². The molecule has 1 aliphatic rings. The standard InChI is InChI=1S/C16H21FN2O2S/c1-22(20,21)14-13-19-11-9-18(10-12-19)8-2-3-15-4-6-16(17)7-5-15/h4-7H,8-14H2,1H3. The first kappa shape index (κ1) is 16.9. The molecule has 4 nitrogen and oxygen atoms in total. The summed E-state index contributed by atoms with van der Waals surface area (Å²) < 4.78 is 35.1. The summed E-state index contributed by atoms with van der Waals surface area (Å²) in [6.07, 6.45) is 1.27. The zero-order valence-corrected chi connectivity index (χ0v) is 13.6. The van der Waals surface area contributed by atoms with Gasteiger partial charge in [-0.1, -0.05) is 11.8 Å². The van der Waals surface area contributed by atoms with Crippen LogP contribution in [0.1, 0.15) is 5.56 Å². The lowest BCUT2D eigenvalue weighted by Gasteiger charge is -2.33. The van der Waals surface area contributed by atoms with Crippen LogP contribution in [0, 0.1) is 17.7 Å². The summed E-state index contributed by atoms with van der Waals surface area (Å²) in [5, 5.41) is 0. The van der Waals surface area contributed by atoms with Gasteiger partial charge in [0, 0.05) is 44.5 Å². The molecule has 1 fully saturated rings. The average Bonchev–Trinajstić information content (AvgIpc) is 2.48. The first-order chi connectivity index (χ1) is 10.4. The number of benzene rings is 1. The van der Waals surface area contributed by atoms with Crippen molar-refractivity contribution in [2.45, 2.75) is 0 Å². The number of halogens is 1. The molecule has 0 aromatic heterocycles. The van der Waals surface area contributed by atoms with Crippen LogP contribution in [0.15, 0.2) is 24.3 Å². The third-order valence-electron chi connectivity index (χ3n) is 3.62. The zero-order valence-electron chi connectivity index (χ0n) is 12.8. The van der Waals surface area contributed by atoms with Gasteiger partial charge in [-0.3, -0.25) is 9.80 Å². The van der Waals surface area contributed by atoms with Gasteiger partial charge in [-0.15, -0.1) is 0 Å². The summed E-state index contributed by atoms with van der Waals surface area (Å²) >= 11 is 0. The van der Waals surface area contributed by atoms with Crippen LogP contribution in [0.2, 0.25) is 0 Å². The lowest BCUT2D eigenvalue weighted by Crippen LogP contribution is -2.47. The van der Waals surface area contributed by atoms with Gasteiger partial charge in [0.05, 0.1) is 12.3 Å². The van der Waals surface area contributed by atoms with Gasteiger partial charge in [-0.2, -0.15) is 0 Å². The molecule has 0 unspecified atom stereocenters. The molecule has 1 saturated heterocycles. The summed E-state index contributed by atoms with van der Waals surface area (Å²) in [5.41, 5.74) is 0.813. The molecule has 6 heteroatoms. The van der Waals surface area contributed by atoms with Crippen molar-refractivity contribution in [2.75, 3.05) is 51.3 Å². The van der Waals surface area contributed by atoms with Gasteiger partial charge in [0.1, 0.15) is 15.7 Å². The minimum absolute atomic E-state index is 0.220. The highest BCUT2D eigenvalue weighted by Gasteiger charge is 2.16. The number of rotatable bonds is 4. The van der Waals surface area contributed by atoms with E-state index < -0.39 is 9.84 Å². The molecule has 0 spiro atoms. The van der Waals surface area contributed by atoms with Crippen molar-refractivity contribution in [3.63, 3.8) is 0 Å². The zero-order chi connectivity index (χ0) is 16.0. The molecule has 22 heavy (non-hydrogen) atoms. The second kappa shape index (κ2) is 7.73. The first-order valence-corrected chi connectivity index (χ1v) is 9.35. The van der Waals surface area contributed by atoms with Crippen molar-refractivity contribution in [3.05, 3.63) is 35.6 Å². The largest absolute Gasteiger partial charge is 0.300 e. The smallest absolute Gasteiger partial charge is 0.148 e. The van der Waals surface area contributed by atoms with Crippen LogP contribution < -0.4 is 0 Å². The SMILES string of the molecule is CS(=O)(=O)CCN1CCN(CC#Cc2ccc(F)cc2)CC1. The molecule has 120 valence electrons. The summed E-state index contributed by atoms with van der Waals surface area (Å²) in [5.74, 6) is 6.09. The van der Waals surface area contributed by atoms with Crippen LogP contribution in [0.3, 0.4) is 0 Å². The minimum Gasteiger partial charge on any atom is -0.300 e. The van der Waals surface area contributed by atoms with Gasteiger partial charge >= 0.3 is 0 Å². The number of hydrogen-bond acceptors (Lipinski definition) is 4. The Kier molecular flexibility index (Phi) is 5.95. The fraction of sp³-hybridized carbons (Fsp3) is 0.500. The number of piperazine rings is 1. The number of hydrogen-bond donors (Lipinski definition) is 0. The third-order valence-corrected chi connectivity index (χ3v) is 4.55. The third kappa shape index (κ3) is 6.14. The quantitative estimate of drug-likeness (QED) is 0.770. The minimum atomic E-state index is -2.89. The Morgan fingerprint density at radius 1 is 1.09 bits per heavy atom. The van der Waals surface area contributed by atoms with Crippen molar-refractivity contribution in [3.8, 4) is 11.8 Å². The average molecular weight is 324 g/mol. The molecule has 0 amide bonds. The van der Waals surface area contributed by atoms with Crippen LogP contribution in [-0.2, 0) is 9.84 Å². The molecular weight excluding hydrogens is 303 g/mol. The van der Waals surface area contributed by atoms with Crippen molar-refractivity contribution >= 4 is 9.84 Å². The Bertz CT molecular complexity index is 639. The predicted octanol–water partition coefficient (Wildman–Crippen LogP) is 0.839. The van der Waals surface area contributed by atoms with Crippen LogP contribution in [0.4, 0.5) is 4.39 Å². The molecule has 0 N–H and O–H groups in total. The van der Waals surface area contributed by atoms with Crippen molar-refractivity contribution < 1.29 is 12.8 Å². The van der Waals surface area contributed by atoms with E-state index in [-0.39, 0.29) is 11.6 Å². The normalized spacial score (nSPS) is 17.0. The van der Waals surface area contributed by atoms with E-state index in [0.717, 1.165) is 31.7 Å². The molecule has 2 rings (SSSR count). The van der Waals surface area contributed by atoms with E-state index in [2.05, 4.69) is 21.6 Å². The lowest BCUT2D eigenvalue weighted by molar-refractivity contribution is 0.150. The molecule has 0 aliphatic carbocycles. The first-order valence-electron chi connectivity index (χ1n) is 7.29. The maximum Gasteiger partial charge on any atom is 0.148 e. The van der Waals surface area contributed by atoms with Crippen molar-refractivity contribution in [1.82, 2.24) is 9.80 Å². The van der Waals surface area contributed by atoms with Crippen molar-refractivity contribution in [2.24, 2.45) is 0 Å². The molecule has 1 aromatic rings. The highest BCUT2D eigenvalue weighted by atomic mass is 32.2. The van der Waals surface area contributed by atoms with E-state index in [4.69, 9.17) is 0 Å². The Hall–Kier alpha value is -1.42. The van der Waals surface area contributed by atoms with E-state index in [1.165, 1.54) is 18.4 Å². The molecule has 1 aliphatic heterocycles. The van der Waals surface area contributed by atoms with E-state index in [0.29, 0.717) is 13.1 Å². The van der Waals surface area contributed by atoms with Gasteiger partial charge in [-0.25, -0.2) is 12.8 Å². The molecule has 1 heterocycles. The van der Waals surface area contributed by atoms with E-state index in [9.17, 15) is 12.8 Å². The van der Waals surface area contributed by atoms with Gasteiger partial charge in [-0.05, 0) is 24.3 Å². The maximum atomic E-state index is 12.8. The lowest BCUT2D eigenvalue weighted by atomic mass is 10.2. The predicted molar refractivity (Wildman–Crippen MR) is 85.9 cm³/mol. The monoisotopic (exact) mass is 324 g/mol. The Balaban J connectivity index is 1.73. The topological polar surface area (TPSA) is 40.6 Å². The van der Waals surface area contributed by atoms with Crippen molar-refractivity contribution in [1.29, 1.82) is 0 Å². The molecule has 0 bridgehead atoms. The molecule has 1 aromatic carbocycles. The second-order valence-electron chi connectivity index (χ2n) is 5.56. The van der Waals surface area contributed by atoms with Gasteiger partial charge in [0.15, 0.2) is 0 Å². The Labute approximate surface area is 131 Å². The molecule has 0 atom stereocenters. The van der Waals surface area contributed by atoms with Crippen LogP contribution in [0.5, 0.6) is 0 Å². The van der Waals surface area contributed by atoms with Gasteiger partial charge < -0.3 is 0 Å². The maximum absolute atomic E-state index is 12.8. The summed E-state index contributed by atoms with van der Waals surface area (Å²) in [7, 11) is -2.89. The van der Waals surface area contributed by atoms with Gasteiger partial charge in [0.25, 0.3) is 0 Å². The molecule has 0 saturated carbocycles. The highest BCUT2D eigenvalue weighted by molar-refractivity contribution is 7.90. The van der Waals surface area contributed by atoms with E-state index in [1.807, 2.05) is 0 Å². The Morgan fingerprint density at radius 3 is 2.27 bits per heavy atom. The fourth-order valence-electron chi connectivity index (χ4n) is 2.25.